The maximum atomic E-state index is 10.4. The molecule has 0 spiro atoms. The molecule has 3 heterocycles. The van der Waals surface area contributed by atoms with Crippen LogP contribution in [0.15, 0.2) is 53.8 Å². The number of fused-ring (bicyclic) bond motifs is 1. The van der Waals surface area contributed by atoms with Crippen LogP contribution in [0, 0.1) is 5.92 Å². The van der Waals surface area contributed by atoms with Gasteiger partial charge in [-0.25, -0.2) is 15.4 Å². The molecule has 0 amide bonds. The first-order valence-electron chi connectivity index (χ1n) is 9.41. The van der Waals surface area contributed by atoms with Gasteiger partial charge in [0, 0.05) is 29.0 Å². The number of hydrogen-bond donors (Lipinski definition) is 3. The summed E-state index contributed by atoms with van der Waals surface area (Å²) >= 11 is 0. The lowest BCUT2D eigenvalue weighted by molar-refractivity contribution is 0.159. The Morgan fingerprint density at radius 2 is 2.07 bits per heavy atom. The van der Waals surface area contributed by atoms with Crippen LogP contribution in [0.3, 0.4) is 0 Å². The fourth-order valence-corrected chi connectivity index (χ4v) is 3.34. The zero-order chi connectivity index (χ0) is 18.8. The number of hydrazine groups is 1. The van der Waals surface area contributed by atoms with Gasteiger partial charge < -0.3 is 15.1 Å². The third kappa shape index (κ3) is 3.72. The summed E-state index contributed by atoms with van der Waals surface area (Å²) in [5, 5.41) is 11.5. The molecule has 6 heteroatoms. The fourth-order valence-electron chi connectivity index (χ4n) is 3.34. The number of nitrogens with one attached hydrogen (secondary N) is 2. The molecule has 1 atom stereocenters. The molecule has 3 N–H and O–H groups in total. The number of aliphatic hydroxyl groups excluding tert-OH is 1. The van der Waals surface area contributed by atoms with E-state index in [1.807, 2.05) is 30.5 Å². The summed E-state index contributed by atoms with van der Waals surface area (Å²) in [5.41, 5.74) is 9.88. The first kappa shape index (κ1) is 17.7. The van der Waals surface area contributed by atoms with Gasteiger partial charge >= 0.3 is 0 Å². The van der Waals surface area contributed by atoms with Gasteiger partial charge in [-0.1, -0.05) is 26.0 Å². The van der Waals surface area contributed by atoms with Crippen LogP contribution in [0.2, 0.25) is 0 Å². The number of nitrogens with zero attached hydrogens (tertiary/aromatic N) is 3. The highest BCUT2D eigenvalue weighted by Gasteiger charge is 2.13. The minimum absolute atomic E-state index is 0.463. The standard InChI is InChI=1S/C21H25N5O/c1-14(2)6-7-19(27)17-10-16-8-9-26(21(16)22-12-17)18-5-3-4-15(11-18)20-23-13-24-25-20/h3-5,8-12,14,19,24,27H,6-7,13H2,1-2H3,(H,23,25). The number of benzene rings is 1. The Bertz CT molecular complexity index is 976. The molecular weight excluding hydrogens is 338 g/mol. The van der Waals surface area contributed by atoms with Crippen LogP contribution in [-0.2, 0) is 0 Å². The SMILES string of the molecule is CC(C)CCC(O)c1cnc2c(ccn2-c2cccc(C3=NCNN3)c2)c1. The number of aliphatic hydroxyl groups is 1. The largest absolute Gasteiger partial charge is 0.388 e. The van der Waals surface area contributed by atoms with Gasteiger partial charge in [-0.2, -0.15) is 0 Å². The first-order chi connectivity index (χ1) is 13.1. The minimum Gasteiger partial charge on any atom is -0.388 e. The highest BCUT2D eigenvalue weighted by Crippen LogP contribution is 2.25. The van der Waals surface area contributed by atoms with Gasteiger partial charge in [0.25, 0.3) is 0 Å². The lowest BCUT2D eigenvalue weighted by Crippen LogP contribution is -2.30. The molecule has 27 heavy (non-hydrogen) atoms. The van der Waals surface area contributed by atoms with Gasteiger partial charge in [-0.15, -0.1) is 0 Å². The Balaban J connectivity index is 1.63. The van der Waals surface area contributed by atoms with Gasteiger partial charge in [0.1, 0.15) is 18.2 Å². The van der Waals surface area contributed by atoms with Crippen LogP contribution in [0.5, 0.6) is 0 Å². The van der Waals surface area contributed by atoms with E-state index < -0.39 is 6.10 Å². The van der Waals surface area contributed by atoms with Crippen molar-refractivity contribution in [2.24, 2.45) is 10.9 Å². The molecule has 0 fully saturated rings. The van der Waals surface area contributed by atoms with Crippen LogP contribution in [0.1, 0.15) is 43.9 Å². The van der Waals surface area contributed by atoms with Crippen molar-refractivity contribution in [3.63, 3.8) is 0 Å². The van der Waals surface area contributed by atoms with Crippen molar-refractivity contribution >= 4 is 16.9 Å². The first-order valence-corrected chi connectivity index (χ1v) is 9.41. The smallest absolute Gasteiger partial charge is 0.144 e. The van der Waals surface area contributed by atoms with E-state index in [9.17, 15) is 5.11 Å². The highest BCUT2D eigenvalue weighted by atomic mass is 16.3. The van der Waals surface area contributed by atoms with Crippen LogP contribution in [0.25, 0.3) is 16.7 Å². The molecule has 0 bridgehead atoms. The monoisotopic (exact) mass is 363 g/mol. The molecular formula is C21H25N5O. The number of aromatic nitrogens is 2. The van der Waals surface area contributed by atoms with Crippen molar-refractivity contribution in [2.45, 2.75) is 32.8 Å². The van der Waals surface area contributed by atoms with Crippen molar-refractivity contribution in [3.05, 3.63) is 59.9 Å². The second-order valence-corrected chi connectivity index (χ2v) is 7.37. The minimum atomic E-state index is -0.463. The van der Waals surface area contributed by atoms with E-state index in [-0.39, 0.29) is 0 Å². The fraction of sp³-hybridized carbons (Fsp3) is 0.333. The highest BCUT2D eigenvalue weighted by molar-refractivity contribution is 5.99. The number of aliphatic imine (C=N–C) groups is 1. The maximum Gasteiger partial charge on any atom is 0.144 e. The normalized spacial score (nSPS) is 15.2. The van der Waals surface area contributed by atoms with Gasteiger partial charge in [-0.05, 0) is 48.6 Å². The van der Waals surface area contributed by atoms with Gasteiger partial charge in [0.15, 0.2) is 0 Å². The molecule has 1 aliphatic rings. The molecule has 1 unspecified atom stereocenters. The molecule has 0 saturated heterocycles. The molecule has 3 aromatic rings. The summed E-state index contributed by atoms with van der Waals surface area (Å²) in [6.45, 7) is 4.92. The molecule has 2 aromatic heterocycles. The van der Waals surface area contributed by atoms with Crippen LogP contribution in [0.4, 0.5) is 0 Å². The molecule has 6 nitrogen and oxygen atoms in total. The van der Waals surface area contributed by atoms with Crippen molar-refractivity contribution in [3.8, 4) is 5.69 Å². The van der Waals surface area contributed by atoms with Crippen LogP contribution in [-0.4, -0.2) is 27.2 Å². The number of pyridine rings is 1. The second-order valence-electron chi connectivity index (χ2n) is 7.37. The van der Waals surface area contributed by atoms with E-state index in [0.29, 0.717) is 12.6 Å². The molecule has 0 aliphatic carbocycles. The Morgan fingerprint density at radius 3 is 2.85 bits per heavy atom. The Hall–Kier alpha value is -2.70. The van der Waals surface area contributed by atoms with E-state index >= 15 is 0 Å². The van der Waals surface area contributed by atoms with Gasteiger partial charge in [-0.3, -0.25) is 0 Å². The predicted octanol–water partition coefficient (Wildman–Crippen LogP) is 3.31. The molecule has 4 rings (SSSR count). The van der Waals surface area contributed by atoms with Crippen LogP contribution >= 0.6 is 0 Å². The predicted molar refractivity (Wildman–Crippen MR) is 108 cm³/mol. The summed E-state index contributed by atoms with van der Waals surface area (Å²) in [5.74, 6) is 1.43. The second kappa shape index (κ2) is 7.50. The third-order valence-corrected chi connectivity index (χ3v) is 4.87. The zero-order valence-electron chi connectivity index (χ0n) is 15.7. The Kier molecular flexibility index (Phi) is 4.92. The van der Waals surface area contributed by atoms with Crippen molar-refractivity contribution in [1.82, 2.24) is 20.4 Å². The summed E-state index contributed by atoms with van der Waals surface area (Å²) in [6.07, 6.45) is 5.11. The number of amidine groups is 1. The third-order valence-electron chi connectivity index (χ3n) is 4.87. The lowest BCUT2D eigenvalue weighted by atomic mass is 10.0. The summed E-state index contributed by atoms with van der Waals surface area (Å²) in [6, 6.07) is 12.3. The zero-order valence-corrected chi connectivity index (χ0v) is 15.7. The van der Waals surface area contributed by atoms with Crippen molar-refractivity contribution in [2.75, 3.05) is 6.67 Å². The van der Waals surface area contributed by atoms with Crippen molar-refractivity contribution in [1.29, 1.82) is 0 Å². The Labute approximate surface area is 158 Å². The molecule has 1 aromatic carbocycles. The van der Waals surface area contributed by atoms with Crippen LogP contribution < -0.4 is 10.9 Å². The van der Waals surface area contributed by atoms with E-state index in [1.165, 1.54) is 0 Å². The molecule has 0 saturated carbocycles. The van der Waals surface area contributed by atoms with E-state index in [1.54, 1.807) is 6.20 Å². The van der Waals surface area contributed by atoms with Gasteiger partial charge in [0.2, 0.25) is 0 Å². The lowest BCUT2D eigenvalue weighted by Gasteiger charge is -2.13. The summed E-state index contributed by atoms with van der Waals surface area (Å²) in [7, 11) is 0. The van der Waals surface area contributed by atoms with Gasteiger partial charge in [0.05, 0.1) is 6.10 Å². The quantitative estimate of drug-likeness (QED) is 0.628. The summed E-state index contributed by atoms with van der Waals surface area (Å²) < 4.78 is 2.06. The average molecular weight is 363 g/mol. The number of rotatable bonds is 6. The summed E-state index contributed by atoms with van der Waals surface area (Å²) in [4.78, 5) is 9.03. The van der Waals surface area contributed by atoms with E-state index in [2.05, 4.69) is 51.4 Å². The van der Waals surface area contributed by atoms with E-state index in [4.69, 9.17) is 0 Å². The number of hydrogen-bond acceptors (Lipinski definition) is 5. The topological polar surface area (TPSA) is 74.5 Å². The molecule has 0 radical (unpaired) electrons. The maximum absolute atomic E-state index is 10.4. The average Bonchev–Trinajstić information content (AvgIpc) is 3.35. The molecule has 140 valence electrons. The van der Waals surface area contributed by atoms with Crippen molar-refractivity contribution < 1.29 is 5.11 Å². The van der Waals surface area contributed by atoms with E-state index in [0.717, 1.165) is 46.5 Å². The molecule has 1 aliphatic heterocycles. The Morgan fingerprint density at radius 1 is 1.19 bits per heavy atom.